The SMILES string of the molecule is CC(C)Oc1ccccc1C(NN)c1ccc(F)cc1Cl. The fourth-order valence-electron chi connectivity index (χ4n) is 2.16. The van der Waals surface area contributed by atoms with Crippen molar-refractivity contribution in [2.45, 2.75) is 26.0 Å². The largest absolute Gasteiger partial charge is 0.491 e. The summed E-state index contributed by atoms with van der Waals surface area (Å²) in [7, 11) is 0. The van der Waals surface area contributed by atoms with Crippen molar-refractivity contribution in [3.05, 3.63) is 64.4 Å². The molecule has 2 aromatic carbocycles. The van der Waals surface area contributed by atoms with Crippen LogP contribution in [0.3, 0.4) is 0 Å². The maximum atomic E-state index is 13.2. The van der Waals surface area contributed by atoms with Crippen LogP contribution in [0.15, 0.2) is 42.5 Å². The average molecular weight is 309 g/mol. The Balaban J connectivity index is 2.46. The van der Waals surface area contributed by atoms with E-state index in [1.807, 2.05) is 38.1 Å². The summed E-state index contributed by atoms with van der Waals surface area (Å²) in [5.74, 6) is 6.02. The van der Waals surface area contributed by atoms with E-state index in [-0.39, 0.29) is 18.0 Å². The summed E-state index contributed by atoms with van der Waals surface area (Å²) in [4.78, 5) is 0. The first-order valence-electron chi connectivity index (χ1n) is 6.69. The Labute approximate surface area is 128 Å². The van der Waals surface area contributed by atoms with Crippen LogP contribution in [-0.4, -0.2) is 6.10 Å². The Morgan fingerprint density at radius 1 is 1.14 bits per heavy atom. The number of nitrogens with two attached hydrogens (primary N) is 1. The van der Waals surface area contributed by atoms with Crippen LogP contribution < -0.4 is 16.0 Å². The van der Waals surface area contributed by atoms with Crippen LogP contribution in [0.1, 0.15) is 31.0 Å². The Morgan fingerprint density at radius 2 is 1.86 bits per heavy atom. The highest BCUT2D eigenvalue weighted by molar-refractivity contribution is 6.31. The smallest absolute Gasteiger partial charge is 0.124 e. The standard InChI is InChI=1S/C16H18ClFN2O/c1-10(2)21-15-6-4-3-5-13(15)16(20-19)12-8-7-11(18)9-14(12)17/h3-10,16,20H,19H2,1-2H3. The molecule has 0 bridgehead atoms. The van der Waals surface area contributed by atoms with Gasteiger partial charge >= 0.3 is 0 Å². The highest BCUT2D eigenvalue weighted by Crippen LogP contribution is 2.33. The van der Waals surface area contributed by atoms with E-state index in [4.69, 9.17) is 22.2 Å². The number of para-hydroxylation sites is 1. The maximum absolute atomic E-state index is 13.2. The molecule has 1 atom stereocenters. The highest BCUT2D eigenvalue weighted by atomic mass is 35.5. The van der Waals surface area contributed by atoms with Crippen molar-refractivity contribution in [3.63, 3.8) is 0 Å². The third-order valence-corrected chi connectivity index (χ3v) is 3.36. The molecule has 0 heterocycles. The molecular formula is C16H18ClFN2O. The van der Waals surface area contributed by atoms with Gasteiger partial charge in [0.05, 0.1) is 12.1 Å². The number of nitrogens with one attached hydrogen (secondary N) is 1. The number of benzene rings is 2. The lowest BCUT2D eigenvalue weighted by molar-refractivity contribution is 0.238. The van der Waals surface area contributed by atoms with Gasteiger partial charge in [-0.3, -0.25) is 5.84 Å². The Kier molecular flexibility index (Phi) is 5.17. The van der Waals surface area contributed by atoms with Crippen LogP contribution >= 0.6 is 11.6 Å². The van der Waals surface area contributed by atoms with Gasteiger partial charge in [0, 0.05) is 10.6 Å². The monoisotopic (exact) mass is 308 g/mol. The first-order valence-corrected chi connectivity index (χ1v) is 7.07. The molecule has 2 rings (SSSR count). The van der Waals surface area contributed by atoms with Gasteiger partial charge in [-0.25, -0.2) is 9.82 Å². The molecule has 0 saturated heterocycles. The summed E-state index contributed by atoms with van der Waals surface area (Å²) < 4.78 is 19.0. The molecule has 0 spiro atoms. The molecule has 1 unspecified atom stereocenters. The lowest BCUT2D eigenvalue weighted by Gasteiger charge is -2.22. The molecule has 0 radical (unpaired) electrons. The third-order valence-electron chi connectivity index (χ3n) is 3.03. The van der Waals surface area contributed by atoms with Crippen molar-refractivity contribution in [2.24, 2.45) is 5.84 Å². The number of rotatable bonds is 5. The van der Waals surface area contributed by atoms with Gasteiger partial charge in [0.1, 0.15) is 11.6 Å². The molecule has 0 aliphatic rings. The molecule has 0 saturated carbocycles. The van der Waals surface area contributed by atoms with Gasteiger partial charge in [-0.05, 0) is 37.6 Å². The number of hydrogen-bond donors (Lipinski definition) is 2. The van der Waals surface area contributed by atoms with E-state index >= 15 is 0 Å². The minimum Gasteiger partial charge on any atom is -0.491 e. The fraction of sp³-hybridized carbons (Fsp3) is 0.250. The lowest BCUT2D eigenvalue weighted by atomic mass is 9.98. The normalized spacial score (nSPS) is 12.5. The van der Waals surface area contributed by atoms with Gasteiger partial charge in [0.25, 0.3) is 0 Å². The van der Waals surface area contributed by atoms with Crippen LogP contribution in [-0.2, 0) is 0 Å². The second-order valence-electron chi connectivity index (χ2n) is 4.97. The minimum atomic E-state index is -0.383. The van der Waals surface area contributed by atoms with E-state index in [1.54, 1.807) is 6.07 Å². The van der Waals surface area contributed by atoms with Crippen molar-refractivity contribution >= 4 is 11.6 Å². The molecule has 0 aromatic heterocycles. The molecule has 0 fully saturated rings. The number of halogens is 2. The zero-order valence-corrected chi connectivity index (χ0v) is 12.7. The van der Waals surface area contributed by atoms with Crippen molar-refractivity contribution in [3.8, 4) is 5.75 Å². The molecule has 21 heavy (non-hydrogen) atoms. The molecule has 2 aromatic rings. The lowest BCUT2D eigenvalue weighted by Crippen LogP contribution is -2.29. The predicted octanol–water partition coefficient (Wildman–Crippen LogP) is 3.82. The molecular weight excluding hydrogens is 291 g/mol. The average Bonchev–Trinajstić information content (AvgIpc) is 2.43. The fourth-order valence-corrected chi connectivity index (χ4v) is 2.44. The number of hydrogen-bond acceptors (Lipinski definition) is 3. The van der Waals surface area contributed by atoms with Gasteiger partial charge in [0.15, 0.2) is 0 Å². The predicted molar refractivity (Wildman–Crippen MR) is 82.8 cm³/mol. The van der Waals surface area contributed by atoms with Crippen LogP contribution in [0.5, 0.6) is 5.75 Å². The van der Waals surface area contributed by atoms with Crippen molar-refractivity contribution in [2.75, 3.05) is 0 Å². The molecule has 5 heteroatoms. The summed E-state index contributed by atoms with van der Waals surface area (Å²) in [6.07, 6.45) is 0.0354. The first-order chi connectivity index (χ1) is 10.0. The Morgan fingerprint density at radius 3 is 2.48 bits per heavy atom. The zero-order chi connectivity index (χ0) is 15.4. The van der Waals surface area contributed by atoms with E-state index in [2.05, 4.69) is 5.43 Å². The zero-order valence-electron chi connectivity index (χ0n) is 11.9. The summed E-state index contributed by atoms with van der Waals surface area (Å²) in [5.41, 5.74) is 4.27. The highest BCUT2D eigenvalue weighted by Gasteiger charge is 2.20. The molecule has 3 N–H and O–H groups in total. The second-order valence-corrected chi connectivity index (χ2v) is 5.38. The van der Waals surface area contributed by atoms with Gasteiger partial charge in [0.2, 0.25) is 0 Å². The van der Waals surface area contributed by atoms with Gasteiger partial charge in [-0.2, -0.15) is 0 Å². The topological polar surface area (TPSA) is 47.3 Å². The van der Waals surface area contributed by atoms with Crippen molar-refractivity contribution in [1.29, 1.82) is 0 Å². The molecule has 0 amide bonds. The van der Waals surface area contributed by atoms with Gasteiger partial charge in [-0.1, -0.05) is 35.9 Å². The summed E-state index contributed by atoms with van der Waals surface area (Å²) in [6.45, 7) is 3.90. The van der Waals surface area contributed by atoms with Crippen molar-refractivity contribution in [1.82, 2.24) is 5.43 Å². The van der Waals surface area contributed by atoms with Crippen LogP contribution in [0.25, 0.3) is 0 Å². The third kappa shape index (κ3) is 3.73. The van der Waals surface area contributed by atoms with Gasteiger partial charge < -0.3 is 4.74 Å². The van der Waals surface area contributed by atoms with Gasteiger partial charge in [-0.15, -0.1) is 0 Å². The van der Waals surface area contributed by atoms with Crippen LogP contribution in [0.4, 0.5) is 4.39 Å². The maximum Gasteiger partial charge on any atom is 0.124 e. The molecule has 3 nitrogen and oxygen atoms in total. The van der Waals surface area contributed by atoms with Crippen molar-refractivity contribution < 1.29 is 9.13 Å². The summed E-state index contributed by atoms with van der Waals surface area (Å²) in [6, 6.07) is 11.4. The van der Waals surface area contributed by atoms with E-state index in [0.717, 1.165) is 11.3 Å². The van der Waals surface area contributed by atoms with E-state index in [0.29, 0.717) is 10.6 Å². The Bertz CT molecular complexity index is 619. The molecule has 112 valence electrons. The summed E-state index contributed by atoms with van der Waals surface area (Å²) in [5, 5.41) is 0.317. The first kappa shape index (κ1) is 15.8. The minimum absolute atomic E-state index is 0.0354. The van der Waals surface area contributed by atoms with E-state index in [9.17, 15) is 4.39 Å². The van der Waals surface area contributed by atoms with E-state index in [1.165, 1.54) is 12.1 Å². The number of ether oxygens (including phenoxy) is 1. The van der Waals surface area contributed by atoms with E-state index < -0.39 is 0 Å². The molecule has 0 aliphatic carbocycles. The quantitative estimate of drug-likeness (QED) is 0.652. The molecule has 0 aliphatic heterocycles. The summed E-state index contributed by atoms with van der Waals surface area (Å²) >= 11 is 6.13. The van der Waals surface area contributed by atoms with Crippen LogP contribution in [0, 0.1) is 5.82 Å². The van der Waals surface area contributed by atoms with Crippen LogP contribution in [0.2, 0.25) is 5.02 Å². The second kappa shape index (κ2) is 6.89. The number of hydrazine groups is 1. The Hall–Kier alpha value is -1.62.